The zero-order valence-electron chi connectivity index (χ0n) is 75.9. The Kier molecular flexibility index (Phi) is 43.9. The van der Waals surface area contributed by atoms with Gasteiger partial charge < -0.3 is 107 Å². The number of aryl methyl sites for hydroxylation is 1. The van der Waals surface area contributed by atoms with Crippen molar-refractivity contribution >= 4 is 69.1 Å². The number of aromatic nitrogens is 8. The normalized spacial score (nSPS) is 26.5. The summed E-state index contributed by atoms with van der Waals surface area (Å²) in [6.07, 6.45) is 16.3. The molecule has 0 spiro atoms. The molecule has 1 aliphatic carbocycles. The molecule has 7 heterocycles. The fourth-order valence-electron chi connectivity index (χ4n) is 16.4. The van der Waals surface area contributed by atoms with Crippen LogP contribution in [0.25, 0.3) is 33.4 Å². The number of hydrogen-bond acceptors (Lipinski definition) is 32. The van der Waals surface area contributed by atoms with Crippen molar-refractivity contribution < 1.29 is 114 Å². The van der Waals surface area contributed by atoms with Gasteiger partial charge in [-0.3, -0.25) is 24.0 Å². The Bertz CT molecular complexity index is 4320. The Hall–Kier alpha value is -8.28. The number of benzene rings is 1. The molecule has 15 atom stereocenters. The van der Waals surface area contributed by atoms with Gasteiger partial charge >= 0.3 is 5.97 Å². The number of ether oxygens (including phenoxy) is 15. The molecule has 1 aromatic carbocycles. The second kappa shape index (κ2) is 54.4. The summed E-state index contributed by atoms with van der Waals surface area (Å²) in [5.41, 5.74) is 17.1. The highest BCUT2D eigenvalue weighted by Gasteiger charge is 2.53. The number of piperidine rings is 1. The summed E-state index contributed by atoms with van der Waals surface area (Å²) < 4.78 is 96.4. The van der Waals surface area contributed by atoms with Gasteiger partial charge in [0.15, 0.2) is 17.0 Å². The van der Waals surface area contributed by atoms with Crippen molar-refractivity contribution in [2.24, 2.45) is 35.5 Å². The van der Waals surface area contributed by atoms with Gasteiger partial charge in [-0.25, -0.2) is 24.1 Å². The number of allylic oxidation sites excluding steroid dienone is 6. The number of nitrogen functional groups attached to an aromatic ring is 2. The molecule has 706 valence electrons. The van der Waals surface area contributed by atoms with Crippen LogP contribution in [0, 0.1) is 35.5 Å². The summed E-state index contributed by atoms with van der Waals surface area (Å²) >= 11 is 0. The highest BCUT2D eigenvalue weighted by atomic mass is 16.6. The van der Waals surface area contributed by atoms with Crippen LogP contribution in [-0.2, 0) is 120 Å². The van der Waals surface area contributed by atoms with Crippen molar-refractivity contribution in [1.82, 2.24) is 49.9 Å². The Morgan fingerprint density at radius 3 is 2.07 bits per heavy atom. The number of hydrogen-bond donors (Lipinski definition) is 5. The van der Waals surface area contributed by atoms with Crippen LogP contribution in [0.2, 0.25) is 0 Å². The molecule has 0 unspecified atom stereocenters. The molecule has 3 fully saturated rings. The number of ketones is 3. The third-order valence-electron chi connectivity index (χ3n) is 23.7. The largest absolute Gasteiger partial charge is 0.460 e. The first-order valence-electron chi connectivity index (χ1n) is 45.0. The smallest absolute Gasteiger partial charge is 0.329 e. The third-order valence-corrected chi connectivity index (χ3v) is 23.7. The Morgan fingerprint density at radius 1 is 0.717 bits per heavy atom. The second-order valence-electron chi connectivity index (χ2n) is 33.4. The number of unbranched alkanes of at least 4 members (excludes halogenated alkanes) is 1. The van der Waals surface area contributed by atoms with Crippen LogP contribution in [0.15, 0.2) is 82.7 Å². The fourth-order valence-corrected chi connectivity index (χ4v) is 16.4. The highest BCUT2D eigenvalue weighted by Crippen LogP contribution is 2.39. The lowest BCUT2D eigenvalue weighted by atomic mass is 9.78. The molecule has 7 N–H and O–H groups in total. The van der Waals surface area contributed by atoms with E-state index in [1.54, 1.807) is 56.5 Å². The van der Waals surface area contributed by atoms with Gasteiger partial charge in [-0.2, -0.15) is 10.1 Å². The molecule has 5 aromatic rings. The maximum atomic E-state index is 14.8. The van der Waals surface area contributed by atoms with Crippen molar-refractivity contribution in [2.75, 3.05) is 165 Å². The first-order valence-corrected chi connectivity index (χ1v) is 45.0. The summed E-state index contributed by atoms with van der Waals surface area (Å²) in [6, 6.07) is 4.39. The number of oxazole rings is 1. The van der Waals surface area contributed by atoms with Crippen LogP contribution in [0.4, 0.5) is 11.8 Å². The number of amides is 2. The topological polar surface area (TPSA) is 449 Å². The number of aliphatic hydroxyl groups excluding tert-OH is 1. The van der Waals surface area contributed by atoms with E-state index in [1.807, 2.05) is 76.4 Å². The Balaban J connectivity index is 0.586. The summed E-state index contributed by atoms with van der Waals surface area (Å²) in [5.74, 6) is -8.07. The summed E-state index contributed by atoms with van der Waals surface area (Å²) in [5, 5.41) is 40.7. The molecule has 3 aliphatic heterocycles. The van der Waals surface area contributed by atoms with E-state index in [9.17, 15) is 39.0 Å². The van der Waals surface area contributed by atoms with E-state index in [2.05, 4.69) is 30.6 Å². The monoisotopic (exact) mass is 1780 g/mol. The van der Waals surface area contributed by atoms with Gasteiger partial charge in [-0.05, 0) is 138 Å². The number of fused-ring (bicyclic) bond motifs is 5. The van der Waals surface area contributed by atoms with E-state index in [4.69, 9.17) is 92.0 Å². The molecule has 4 aromatic heterocycles. The summed E-state index contributed by atoms with van der Waals surface area (Å²) in [6.45, 7) is 21.6. The molecule has 2 saturated heterocycles. The van der Waals surface area contributed by atoms with Crippen molar-refractivity contribution in [2.45, 2.75) is 219 Å². The number of aliphatic hydroxyl groups is 2. The number of Topliss-reactive ketones (excluding diaryl/α,β-unsaturated/α-hetero) is 3. The number of carbonyl (C=O) groups excluding carboxylic acids is 6. The number of nitrogens with two attached hydrogens (primary N) is 2. The number of nitrogens with zero attached hydrogens (tertiary/aromatic N) is 9. The van der Waals surface area contributed by atoms with Gasteiger partial charge in [-0.1, -0.05) is 76.3 Å². The molecule has 127 heavy (non-hydrogen) atoms. The fraction of sp³-hybridized carbons (Fsp3) is 0.692. The number of anilines is 2. The lowest BCUT2D eigenvalue weighted by molar-refractivity contribution is -0.265. The zero-order chi connectivity index (χ0) is 91.0. The number of esters is 1. The zero-order valence-corrected chi connectivity index (χ0v) is 75.9. The van der Waals surface area contributed by atoms with E-state index in [0.29, 0.717) is 235 Å². The molecule has 2 amide bonds. The third kappa shape index (κ3) is 32.4. The molecule has 0 radical (unpaired) electrons. The number of methoxy groups -OCH3 is 3. The molecular weight excluding hydrogens is 1650 g/mol. The Morgan fingerprint density at radius 2 is 1.39 bits per heavy atom. The van der Waals surface area contributed by atoms with E-state index < -0.39 is 77.8 Å². The quantitative estimate of drug-likeness (QED) is 0.0106. The molecule has 36 heteroatoms. The average molecular weight is 1780 g/mol. The molecule has 4 aliphatic rings. The van der Waals surface area contributed by atoms with Crippen molar-refractivity contribution in [3.05, 3.63) is 84.0 Å². The van der Waals surface area contributed by atoms with Crippen molar-refractivity contribution in [1.29, 1.82) is 0 Å². The van der Waals surface area contributed by atoms with E-state index in [-0.39, 0.29) is 92.5 Å². The lowest BCUT2D eigenvalue weighted by Crippen LogP contribution is -2.61. The lowest BCUT2D eigenvalue weighted by Gasteiger charge is -2.42. The molecular formula is C91H138N12O24. The highest BCUT2D eigenvalue weighted by molar-refractivity contribution is 6.39. The minimum atomic E-state index is -2.47. The average Bonchev–Trinajstić information content (AvgIpc) is 1.54. The van der Waals surface area contributed by atoms with Crippen LogP contribution in [0.3, 0.4) is 0 Å². The van der Waals surface area contributed by atoms with Crippen LogP contribution in [0.1, 0.15) is 150 Å². The predicted octanol–water partition coefficient (Wildman–Crippen LogP) is 8.25. The van der Waals surface area contributed by atoms with Crippen molar-refractivity contribution in [3.63, 3.8) is 0 Å². The minimum absolute atomic E-state index is 0.00921. The molecule has 2 bridgehead atoms. The summed E-state index contributed by atoms with van der Waals surface area (Å²) in [7, 11) is 4.61. The van der Waals surface area contributed by atoms with Crippen molar-refractivity contribution in [3.8, 4) is 11.3 Å². The van der Waals surface area contributed by atoms with Crippen LogP contribution < -0.4 is 16.8 Å². The van der Waals surface area contributed by atoms with Crippen LogP contribution >= 0.6 is 0 Å². The van der Waals surface area contributed by atoms with Gasteiger partial charge in [0.1, 0.15) is 59.2 Å². The first-order chi connectivity index (χ1) is 61.4. The molecule has 9 rings (SSSR count). The number of rotatable bonds is 45. The van der Waals surface area contributed by atoms with E-state index in [0.717, 1.165) is 30.4 Å². The minimum Gasteiger partial charge on any atom is -0.460 e. The van der Waals surface area contributed by atoms with Gasteiger partial charge in [0, 0.05) is 83.5 Å². The molecule has 1 saturated carbocycles. The number of nitrogens with one attached hydrogen (secondary N) is 1. The van der Waals surface area contributed by atoms with Gasteiger partial charge in [0.05, 0.1) is 168 Å². The summed E-state index contributed by atoms with van der Waals surface area (Å²) in [4.78, 5) is 98.7. The predicted molar refractivity (Wildman–Crippen MR) is 469 cm³/mol. The van der Waals surface area contributed by atoms with Gasteiger partial charge in [0.2, 0.25) is 11.7 Å². The van der Waals surface area contributed by atoms with Gasteiger partial charge in [-0.15, -0.1) is 5.10 Å². The standard InChI is InChI=1S/C91H138N12O24/c1-60-18-12-11-13-19-61(2)76(112-8)55-70-24-21-66(7)91(111,127-70)85(108)88(109)102-29-16-14-20-72(102)89(110)125-77(56-73(104)62(3)51-65(6)83(107)84(114-10)82(106)64(5)50-60)63(4)52-67-22-25-75(78(53-67)113-9)124-49-48-123-58-69-57-101(100-98-69)31-33-116-35-37-118-39-41-120-43-45-122-47-46-121-44-42-119-40-38-117-36-34-115-32-27-79(105)94-28-15-17-30-103-87-80(86(92)95-59-96-87)81(99-103)68-23-26-74-71(54-68)97-90(93)126-74/h11-13,18-19,23,26,51,54,57,59-60,62-64,66-67,70,72,75-78,83-84,107,111H,14-17,20-22,24-25,27-50,52-53,55-56,58H2,1-10H3,(H2,93,97)(H,94,105)(H2,92,95,96)/b13-11+,18-12+,61-19+,65-51+/t60-,62-,63-,64-,66-,67+,70+,72+,75-,76+,77+,78-,83-,84+,91-/m1/s1. The maximum absolute atomic E-state index is 14.8. The SMILES string of the molecule is CO[C@H]1C[C@@H]2CC[C@@H](C)[C@@](O)(O2)C(=O)C(=O)N2CCCC[C@H]2C(=O)O[C@H]([C@H](C)C[C@@H]2CC[C@@H](OCCOCc3cn(CCOCCOCCOCCOCCOCCOCCOCCOCCC(=O)NCCCCn4nc(-c5ccc6oc(N)nc6c5)c5c(N)ncnc54)nn3)[C@H](OC)C2)CC(=O)[C@H](C)/C=C(\C)[C@@H](O)[C@@H](OC)C(=O)[C@H](C)C[C@H](C)/C=C/C=C/C=C/1C. The number of cyclic esters (lactones) is 1. The maximum Gasteiger partial charge on any atom is 0.329 e. The van der Waals surface area contributed by atoms with Crippen LogP contribution in [0.5, 0.6) is 0 Å². The Labute approximate surface area is 744 Å². The first kappa shape index (κ1) is 102. The van der Waals surface area contributed by atoms with Crippen LogP contribution in [-0.4, -0.2) is 298 Å². The second-order valence-corrected chi connectivity index (χ2v) is 33.4. The van der Waals surface area contributed by atoms with E-state index >= 15 is 0 Å². The number of carbonyl (C=O) groups is 6. The molecule has 36 nitrogen and oxygen atoms in total. The van der Waals surface area contributed by atoms with Gasteiger partial charge in [0.25, 0.3) is 17.7 Å². The van der Waals surface area contributed by atoms with E-state index in [1.165, 1.54) is 18.3 Å².